The zero-order valence-electron chi connectivity index (χ0n) is 14.3. The number of likely N-dealkylation sites (tertiary alicyclic amines) is 1. The van der Waals surface area contributed by atoms with E-state index in [1.54, 1.807) is 11.3 Å². The van der Waals surface area contributed by atoms with Crippen LogP contribution in [0.15, 0.2) is 30.3 Å². The third-order valence-corrected chi connectivity index (χ3v) is 6.16. The van der Waals surface area contributed by atoms with E-state index in [2.05, 4.69) is 12.0 Å². The van der Waals surface area contributed by atoms with Gasteiger partial charge in [0.15, 0.2) is 0 Å². The maximum absolute atomic E-state index is 12.8. The second-order valence-corrected chi connectivity index (χ2v) is 8.31. The number of nitrogens with zero attached hydrogens (tertiary/aromatic N) is 3. The number of rotatable bonds is 3. The molecule has 4 rings (SSSR count). The molecule has 0 bridgehead atoms. The first-order chi connectivity index (χ1) is 12.0. The van der Waals surface area contributed by atoms with Crippen molar-refractivity contribution in [3.8, 4) is 0 Å². The van der Waals surface area contributed by atoms with Crippen LogP contribution >= 0.6 is 22.9 Å². The Labute approximate surface area is 156 Å². The lowest BCUT2D eigenvalue weighted by Gasteiger charge is -2.14. The molecule has 130 valence electrons. The highest BCUT2D eigenvalue weighted by Gasteiger charge is 2.26. The predicted molar refractivity (Wildman–Crippen MR) is 103 cm³/mol. The Balaban J connectivity index is 1.64. The molecule has 1 aromatic carbocycles. The third-order valence-electron chi connectivity index (χ3n) is 4.77. The number of hydrogen-bond acceptors (Lipinski definition) is 3. The molecule has 0 saturated carbocycles. The number of hydrogen-bond donors (Lipinski definition) is 0. The molecule has 0 spiro atoms. The Bertz CT molecular complexity index is 928. The van der Waals surface area contributed by atoms with Gasteiger partial charge in [-0.3, -0.25) is 9.48 Å². The minimum absolute atomic E-state index is 0.156. The molecule has 1 fully saturated rings. The molecule has 0 aliphatic carbocycles. The molecule has 1 aliphatic heterocycles. The van der Waals surface area contributed by atoms with Crippen molar-refractivity contribution in [3.63, 3.8) is 0 Å². The van der Waals surface area contributed by atoms with Gasteiger partial charge in [0.05, 0.1) is 17.1 Å². The van der Waals surface area contributed by atoms with Crippen molar-refractivity contribution in [2.45, 2.75) is 26.8 Å². The van der Waals surface area contributed by atoms with Crippen LogP contribution in [0.2, 0.25) is 5.02 Å². The number of aryl methyl sites for hydroxylation is 1. The molecule has 6 heteroatoms. The Morgan fingerprint density at radius 1 is 1.36 bits per heavy atom. The molecule has 0 radical (unpaired) electrons. The second-order valence-electron chi connectivity index (χ2n) is 6.84. The van der Waals surface area contributed by atoms with E-state index in [9.17, 15) is 4.79 Å². The minimum atomic E-state index is 0.156. The highest BCUT2D eigenvalue weighted by molar-refractivity contribution is 7.20. The number of aromatic nitrogens is 2. The summed E-state index contributed by atoms with van der Waals surface area (Å²) in [5, 5.41) is 6.46. The molecule has 1 atom stereocenters. The third kappa shape index (κ3) is 3.18. The van der Waals surface area contributed by atoms with Gasteiger partial charge in [-0.25, -0.2) is 0 Å². The van der Waals surface area contributed by atoms with Crippen molar-refractivity contribution >= 4 is 39.1 Å². The van der Waals surface area contributed by atoms with Gasteiger partial charge in [0, 0.05) is 23.5 Å². The van der Waals surface area contributed by atoms with Gasteiger partial charge in [-0.15, -0.1) is 11.3 Å². The first kappa shape index (κ1) is 16.6. The van der Waals surface area contributed by atoms with E-state index < -0.39 is 0 Å². The van der Waals surface area contributed by atoms with Crippen molar-refractivity contribution in [1.29, 1.82) is 0 Å². The Kier molecular flexibility index (Phi) is 4.29. The first-order valence-electron chi connectivity index (χ1n) is 8.52. The van der Waals surface area contributed by atoms with Crippen molar-refractivity contribution in [1.82, 2.24) is 14.7 Å². The molecule has 0 N–H and O–H groups in total. The van der Waals surface area contributed by atoms with Crippen LogP contribution in [-0.4, -0.2) is 33.7 Å². The van der Waals surface area contributed by atoms with Gasteiger partial charge in [-0.2, -0.15) is 5.10 Å². The zero-order valence-corrected chi connectivity index (χ0v) is 15.9. The Morgan fingerprint density at radius 3 is 2.80 bits per heavy atom. The quantitative estimate of drug-likeness (QED) is 0.673. The number of carbonyl (C=O) groups is 1. The average molecular weight is 374 g/mol. The standard InChI is InChI=1S/C19H20ClN3OS/c1-12-7-8-22(10-12)18(24)17-9-16-13(2)21-23(19(16)25-17)11-14-3-5-15(20)6-4-14/h3-6,9,12H,7-8,10-11H2,1-2H3. The van der Waals surface area contributed by atoms with E-state index >= 15 is 0 Å². The van der Waals surface area contributed by atoms with Gasteiger partial charge < -0.3 is 4.90 Å². The van der Waals surface area contributed by atoms with Gasteiger partial charge in [-0.1, -0.05) is 30.7 Å². The van der Waals surface area contributed by atoms with Gasteiger partial charge in [0.1, 0.15) is 4.83 Å². The highest BCUT2D eigenvalue weighted by atomic mass is 35.5. The number of carbonyl (C=O) groups excluding carboxylic acids is 1. The van der Waals surface area contributed by atoms with Crippen molar-refractivity contribution < 1.29 is 4.79 Å². The maximum atomic E-state index is 12.8. The number of fused-ring (bicyclic) bond motifs is 1. The molecule has 3 aromatic rings. The molecule has 25 heavy (non-hydrogen) atoms. The molecular weight excluding hydrogens is 354 g/mol. The monoisotopic (exact) mass is 373 g/mol. The summed E-state index contributed by atoms with van der Waals surface area (Å²) in [4.78, 5) is 16.6. The van der Waals surface area contributed by atoms with Crippen LogP contribution < -0.4 is 0 Å². The summed E-state index contributed by atoms with van der Waals surface area (Å²) >= 11 is 7.51. The second kappa shape index (κ2) is 6.46. The molecule has 2 aromatic heterocycles. The SMILES string of the molecule is Cc1nn(Cc2ccc(Cl)cc2)c2sc(C(=O)N3CCC(C)C3)cc12. The number of amides is 1. The Hall–Kier alpha value is -1.85. The van der Waals surface area contributed by atoms with Crippen molar-refractivity contribution in [2.24, 2.45) is 5.92 Å². The topological polar surface area (TPSA) is 38.1 Å². The van der Waals surface area contributed by atoms with Gasteiger partial charge in [0.2, 0.25) is 0 Å². The smallest absolute Gasteiger partial charge is 0.264 e. The highest BCUT2D eigenvalue weighted by Crippen LogP contribution is 2.31. The minimum Gasteiger partial charge on any atom is -0.338 e. The van der Waals surface area contributed by atoms with Gasteiger partial charge >= 0.3 is 0 Å². The molecule has 1 unspecified atom stereocenters. The first-order valence-corrected chi connectivity index (χ1v) is 9.71. The van der Waals surface area contributed by atoms with E-state index in [1.807, 2.05) is 46.8 Å². The molecule has 3 heterocycles. The fraction of sp³-hybridized carbons (Fsp3) is 0.368. The summed E-state index contributed by atoms with van der Waals surface area (Å²) in [7, 11) is 0. The van der Waals surface area contributed by atoms with Crippen molar-refractivity contribution in [3.05, 3.63) is 51.5 Å². The maximum Gasteiger partial charge on any atom is 0.264 e. The summed E-state index contributed by atoms with van der Waals surface area (Å²) in [5.41, 5.74) is 2.11. The van der Waals surface area contributed by atoms with Crippen LogP contribution in [0.3, 0.4) is 0 Å². The fourth-order valence-electron chi connectivity index (χ4n) is 3.36. The van der Waals surface area contributed by atoms with Crippen LogP contribution in [-0.2, 0) is 6.54 Å². The molecule has 1 amide bonds. The summed E-state index contributed by atoms with van der Waals surface area (Å²) in [5.74, 6) is 0.753. The van der Waals surface area contributed by atoms with E-state index in [1.165, 1.54) is 0 Å². The lowest BCUT2D eigenvalue weighted by atomic mass is 10.2. The summed E-state index contributed by atoms with van der Waals surface area (Å²) < 4.78 is 1.99. The van der Waals surface area contributed by atoms with Gasteiger partial charge in [0.25, 0.3) is 5.91 Å². The van der Waals surface area contributed by atoms with E-state index in [4.69, 9.17) is 11.6 Å². The average Bonchev–Trinajstić information content (AvgIpc) is 3.27. The molecule has 1 saturated heterocycles. The van der Waals surface area contributed by atoms with Crippen LogP contribution in [0.4, 0.5) is 0 Å². The molecular formula is C19H20ClN3OS. The van der Waals surface area contributed by atoms with Crippen LogP contribution in [0.1, 0.15) is 34.3 Å². The molecule has 4 nitrogen and oxygen atoms in total. The number of thiophene rings is 1. The lowest BCUT2D eigenvalue weighted by molar-refractivity contribution is 0.0793. The summed E-state index contributed by atoms with van der Waals surface area (Å²) in [6.45, 7) is 6.61. The van der Waals surface area contributed by atoms with Crippen LogP contribution in [0.5, 0.6) is 0 Å². The number of benzene rings is 1. The van der Waals surface area contributed by atoms with Crippen LogP contribution in [0, 0.1) is 12.8 Å². The lowest BCUT2D eigenvalue weighted by Crippen LogP contribution is -2.27. The summed E-state index contributed by atoms with van der Waals surface area (Å²) in [6.07, 6.45) is 1.10. The van der Waals surface area contributed by atoms with Crippen molar-refractivity contribution in [2.75, 3.05) is 13.1 Å². The van der Waals surface area contributed by atoms with Gasteiger partial charge in [-0.05, 0) is 43.0 Å². The predicted octanol–water partition coefficient (Wildman–Crippen LogP) is 4.59. The number of halogens is 1. The van der Waals surface area contributed by atoms with E-state index in [0.717, 1.165) is 50.9 Å². The zero-order chi connectivity index (χ0) is 17.6. The van der Waals surface area contributed by atoms with Crippen LogP contribution in [0.25, 0.3) is 10.2 Å². The molecule has 1 aliphatic rings. The van der Waals surface area contributed by atoms with E-state index in [0.29, 0.717) is 12.5 Å². The normalized spacial score (nSPS) is 17.6. The Morgan fingerprint density at radius 2 is 2.12 bits per heavy atom. The fourth-order valence-corrected chi connectivity index (χ4v) is 4.62. The largest absolute Gasteiger partial charge is 0.338 e. The summed E-state index contributed by atoms with van der Waals surface area (Å²) in [6, 6.07) is 9.81. The van der Waals surface area contributed by atoms with E-state index in [-0.39, 0.29) is 5.91 Å².